The molecule has 7 heteroatoms. The third kappa shape index (κ3) is 5.26. The van der Waals surface area contributed by atoms with E-state index in [0.29, 0.717) is 13.1 Å². The standard InChI is InChI=1S/C28H32N4O2S/c1-19-9-11-22(12-10-19)25-17-32-23(18-35-28(32)29-25)13-14-31(16-24-8-5-15-34-24)27(33)30-26-20(2)6-4-7-21(26)3/h4,6-7,9-12,17-18,24H,5,8,13-16H2,1-3H3,(H,30,33). The molecule has 35 heavy (non-hydrogen) atoms. The summed E-state index contributed by atoms with van der Waals surface area (Å²) in [7, 11) is 0. The highest BCUT2D eigenvalue weighted by molar-refractivity contribution is 7.15. The van der Waals surface area contributed by atoms with Gasteiger partial charge in [0, 0.05) is 54.6 Å². The number of nitrogens with one attached hydrogen (secondary N) is 1. The number of carbonyl (C=O) groups is 1. The molecule has 4 aromatic rings. The summed E-state index contributed by atoms with van der Waals surface area (Å²) in [5.74, 6) is 0. The molecule has 0 spiro atoms. The lowest BCUT2D eigenvalue weighted by Crippen LogP contribution is -2.41. The smallest absolute Gasteiger partial charge is 0.321 e. The Morgan fingerprint density at radius 1 is 1.17 bits per heavy atom. The zero-order valence-corrected chi connectivity index (χ0v) is 21.4. The van der Waals surface area contributed by atoms with Crippen LogP contribution in [0.4, 0.5) is 10.5 Å². The lowest BCUT2D eigenvalue weighted by atomic mass is 10.1. The Hall–Kier alpha value is -3.16. The Morgan fingerprint density at radius 3 is 2.66 bits per heavy atom. The molecular weight excluding hydrogens is 456 g/mol. The fraction of sp³-hybridized carbons (Fsp3) is 0.357. The van der Waals surface area contributed by atoms with Crippen molar-refractivity contribution < 1.29 is 9.53 Å². The number of aromatic nitrogens is 2. The molecule has 5 rings (SSSR count). The Labute approximate surface area is 210 Å². The van der Waals surface area contributed by atoms with E-state index in [1.807, 2.05) is 36.9 Å². The number of hydrogen-bond donors (Lipinski definition) is 1. The second-order valence-electron chi connectivity index (χ2n) is 9.40. The van der Waals surface area contributed by atoms with Crippen LogP contribution < -0.4 is 5.32 Å². The molecule has 0 radical (unpaired) electrons. The van der Waals surface area contributed by atoms with Crippen LogP contribution in [0.25, 0.3) is 16.2 Å². The summed E-state index contributed by atoms with van der Waals surface area (Å²) in [4.78, 5) is 21.1. The second kappa shape index (κ2) is 10.2. The maximum atomic E-state index is 13.4. The minimum Gasteiger partial charge on any atom is -0.376 e. The van der Waals surface area contributed by atoms with Gasteiger partial charge in [0.05, 0.1) is 11.8 Å². The number of para-hydroxylation sites is 1. The molecule has 1 N–H and O–H groups in total. The molecule has 3 heterocycles. The summed E-state index contributed by atoms with van der Waals surface area (Å²) >= 11 is 1.64. The van der Waals surface area contributed by atoms with Gasteiger partial charge in [-0.1, -0.05) is 48.0 Å². The molecule has 1 aliphatic rings. The summed E-state index contributed by atoms with van der Waals surface area (Å²) in [6.45, 7) is 8.13. The number of rotatable bonds is 7. The highest BCUT2D eigenvalue weighted by Crippen LogP contribution is 2.25. The summed E-state index contributed by atoms with van der Waals surface area (Å²) in [6, 6.07) is 14.5. The number of carbonyl (C=O) groups excluding carboxylic acids is 1. The van der Waals surface area contributed by atoms with Crippen molar-refractivity contribution in [2.75, 3.05) is 25.0 Å². The maximum Gasteiger partial charge on any atom is 0.321 e. The van der Waals surface area contributed by atoms with E-state index in [1.54, 1.807) is 11.3 Å². The first-order valence-corrected chi connectivity index (χ1v) is 13.1. The number of benzene rings is 2. The van der Waals surface area contributed by atoms with Crippen molar-refractivity contribution in [1.82, 2.24) is 14.3 Å². The van der Waals surface area contributed by atoms with Gasteiger partial charge in [-0.15, -0.1) is 11.3 Å². The number of anilines is 1. The summed E-state index contributed by atoms with van der Waals surface area (Å²) in [6.07, 6.45) is 5.00. The van der Waals surface area contributed by atoms with Crippen LogP contribution in [0.5, 0.6) is 0 Å². The molecule has 1 unspecified atom stereocenters. The molecule has 2 aromatic carbocycles. The maximum absolute atomic E-state index is 13.4. The average molecular weight is 489 g/mol. The molecule has 0 aliphatic carbocycles. The van der Waals surface area contributed by atoms with E-state index in [-0.39, 0.29) is 12.1 Å². The molecular formula is C28H32N4O2S. The molecule has 0 bridgehead atoms. The lowest BCUT2D eigenvalue weighted by molar-refractivity contribution is 0.0838. The molecule has 1 atom stereocenters. The molecule has 1 fully saturated rings. The van der Waals surface area contributed by atoms with Gasteiger partial charge in [-0.05, 0) is 44.7 Å². The number of amides is 2. The normalized spacial score (nSPS) is 15.6. The highest BCUT2D eigenvalue weighted by atomic mass is 32.1. The van der Waals surface area contributed by atoms with Crippen LogP contribution in [-0.4, -0.2) is 46.1 Å². The number of hydrogen-bond acceptors (Lipinski definition) is 4. The van der Waals surface area contributed by atoms with Gasteiger partial charge in [-0.3, -0.25) is 4.40 Å². The van der Waals surface area contributed by atoms with Crippen molar-refractivity contribution in [2.45, 2.75) is 46.1 Å². The zero-order valence-electron chi connectivity index (χ0n) is 20.6. The predicted molar refractivity (Wildman–Crippen MR) is 142 cm³/mol. The van der Waals surface area contributed by atoms with Crippen LogP contribution in [0.2, 0.25) is 0 Å². The number of thiazole rings is 1. The first-order valence-electron chi connectivity index (χ1n) is 12.2. The van der Waals surface area contributed by atoms with Gasteiger partial charge >= 0.3 is 6.03 Å². The number of fused-ring (bicyclic) bond motifs is 1. The number of imidazole rings is 1. The van der Waals surface area contributed by atoms with Crippen molar-refractivity contribution in [1.29, 1.82) is 0 Å². The Kier molecular flexibility index (Phi) is 6.88. The highest BCUT2D eigenvalue weighted by Gasteiger charge is 2.24. The van der Waals surface area contributed by atoms with Crippen LogP contribution >= 0.6 is 11.3 Å². The van der Waals surface area contributed by atoms with Crippen LogP contribution in [-0.2, 0) is 11.2 Å². The van der Waals surface area contributed by atoms with Crippen molar-refractivity contribution >= 4 is 28.0 Å². The van der Waals surface area contributed by atoms with Gasteiger partial charge < -0.3 is 15.0 Å². The van der Waals surface area contributed by atoms with Crippen LogP contribution in [0.3, 0.4) is 0 Å². The first kappa shape index (κ1) is 23.6. The van der Waals surface area contributed by atoms with Crippen LogP contribution in [0.15, 0.2) is 54.0 Å². The first-order chi connectivity index (χ1) is 17.0. The van der Waals surface area contributed by atoms with E-state index in [4.69, 9.17) is 9.72 Å². The average Bonchev–Trinajstić information content (AvgIpc) is 3.58. The number of nitrogens with zero attached hydrogens (tertiary/aromatic N) is 3. The Morgan fingerprint density at radius 2 is 1.94 bits per heavy atom. The van der Waals surface area contributed by atoms with E-state index < -0.39 is 0 Å². The topological polar surface area (TPSA) is 58.9 Å². The molecule has 2 amide bonds. The molecule has 1 aliphatic heterocycles. The third-order valence-electron chi connectivity index (χ3n) is 6.72. The quantitative estimate of drug-likeness (QED) is 0.335. The van der Waals surface area contributed by atoms with Crippen molar-refractivity contribution in [2.24, 2.45) is 0 Å². The van der Waals surface area contributed by atoms with Crippen LogP contribution in [0.1, 0.15) is 35.2 Å². The summed E-state index contributed by atoms with van der Waals surface area (Å²) < 4.78 is 8.02. The Bertz CT molecular complexity index is 1300. The SMILES string of the molecule is Cc1ccc(-c2cn3c(CCN(CC4CCCO4)C(=O)Nc4c(C)cccc4C)csc3n2)cc1. The van der Waals surface area contributed by atoms with E-state index in [1.165, 1.54) is 5.56 Å². The Balaban J connectivity index is 1.33. The fourth-order valence-corrected chi connectivity index (χ4v) is 5.54. The van der Waals surface area contributed by atoms with Crippen molar-refractivity contribution in [3.05, 3.63) is 76.4 Å². The van der Waals surface area contributed by atoms with Gasteiger partial charge in [-0.2, -0.15) is 0 Å². The van der Waals surface area contributed by atoms with Crippen LogP contribution in [0, 0.1) is 20.8 Å². The van der Waals surface area contributed by atoms with Gasteiger partial charge in [0.25, 0.3) is 0 Å². The number of ether oxygens (including phenoxy) is 1. The van der Waals surface area contributed by atoms with E-state index in [0.717, 1.165) is 64.6 Å². The minimum atomic E-state index is -0.0738. The van der Waals surface area contributed by atoms with Gasteiger partial charge in [-0.25, -0.2) is 9.78 Å². The summed E-state index contributed by atoms with van der Waals surface area (Å²) in [5, 5.41) is 5.31. The second-order valence-corrected chi connectivity index (χ2v) is 10.2. The largest absolute Gasteiger partial charge is 0.376 e. The molecule has 0 saturated carbocycles. The fourth-order valence-electron chi connectivity index (χ4n) is 4.63. The number of aryl methyl sites for hydroxylation is 3. The monoisotopic (exact) mass is 488 g/mol. The number of urea groups is 1. The summed E-state index contributed by atoms with van der Waals surface area (Å²) in [5.41, 5.74) is 7.51. The molecule has 2 aromatic heterocycles. The van der Waals surface area contributed by atoms with E-state index in [2.05, 4.69) is 52.5 Å². The third-order valence-corrected chi connectivity index (χ3v) is 7.61. The minimum absolute atomic E-state index is 0.0738. The van der Waals surface area contributed by atoms with Crippen molar-refractivity contribution in [3.8, 4) is 11.3 Å². The van der Waals surface area contributed by atoms with Gasteiger partial charge in [0.15, 0.2) is 4.96 Å². The van der Waals surface area contributed by atoms with Crippen molar-refractivity contribution in [3.63, 3.8) is 0 Å². The van der Waals surface area contributed by atoms with E-state index in [9.17, 15) is 4.79 Å². The molecule has 182 valence electrons. The molecule has 6 nitrogen and oxygen atoms in total. The van der Waals surface area contributed by atoms with Gasteiger partial charge in [0.1, 0.15) is 0 Å². The van der Waals surface area contributed by atoms with E-state index >= 15 is 0 Å². The van der Waals surface area contributed by atoms with Gasteiger partial charge in [0.2, 0.25) is 0 Å². The molecule has 1 saturated heterocycles. The predicted octanol–water partition coefficient (Wildman–Crippen LogP) is 6.24. The lowest BCUT2D eigenvalue weighted by Gasteiger charge is -2.26. The zero-order chi connectivity index (χ0) is 24.4.